The van der Waals surface area contributed by atoms with Crippen molar-refractivity contribution in [3.8, 4) is 11.3 Å². The van der Waals surface area contributed by atoms with E-state index >= 15 is 0 Å². The van der Waals surface area contributed by atoms with Crippen LogP contribution in [0.5, 0.6) is 0 Å². The number of pyridine rings is 1. The number of unbranched alkanes of at least 4 members (excludes halogenated alkanes) is 1. The molecule has 1 amide bonds. The molecule has 1 atom stereocenters. The van der Waals surface area contributed by atoms with Crippen LogP contribution in [0.1, 0.15) is 73.1 Å². The summed E-state index contributed by atoms with van der Waals surface area (Å²) in [7, 11) is 2.16. The molecule has 2 aromatic heterocycles. The third kappa shape index (κ3) is 6.37. The van der Waals surface area contributed by atoms with E-state index in [0.29, 0.717) is 18.8 Å². The molecular weight excluding hydrogens is 486 g/mol. The Kier molecular flexibility index (Phi) is 8.69. The lowest BCUT2D eigenvalue weighted by atomic mass is 10.0. The van der Waals surface area contributed by atoms with Gasteiger partial charge in [-0.05, 0) is 63.0 Å². The Hall–Kier alpha value is -3.55. The van der Waals surface area contributed by atoms with Gasteiger partial charge < -0.3 is 15.0 Å². The summed E-state index contributed by atoms with van der Waals surface area (Å²) in [5.74, 6) is -0.123. The fourth-order valence-electron chi connectivity index (χ4n) is 5.30. The Morgan fingerprint density at radius 3 is 2.69 bits per heavy atom. The first kappa shape index (κ1) is 27.0. The summed E-state index contributed by atoms with van der Waals surface area (Å²) < 4.78 is 7.59. The summed E-state index contributed by atoms with van der Waals surface area (Å²) in [6, 6.07) is 20.5. The number of carbonyl (C=O) groups is 1. The molecule has 2 aromatic carbocycles. The zero-order chi connectivity index (χ0) is 27.2. The fourth-order valence-corrected chi connectivity index (χ4v) is 5.30. The van der Waals surface area contributed by atoms with Crippen molar-refractivity contribution in [2.45, 2.75) is 58.2 Å². The van der Waals surface area contributed by atoms with E-state index in [1.165, 1.54) is 18.4 Å². The van der Waals surface area contributed by atoms with Crippen molar-refractivity contribution in [1.82, 2.24) is 25.0 Å². The van der Waals surface area contributed by atoms with Crippen molar-refractivity contribution in [2.24, 2.45) is 0 Å². The molecule has 1 N–H and O–H groups in total. The second kappa shape index (κ2) is 12.5. The van der Waals surface area contributed by atoms with Gasteiger partial charge in [0.15, 0.2) is 5.65 Å². The molecule has 5 rings (SSSR count). The Bertz CT molecular complexity index is 1390. The van der Waals surface area contributed by atoms with Gasteiger partial charge >= 0.3 is 0 Å². The standard InChI is InChI=1S/C32H39N5O2/c1-4-5-16-36(3)22-24-10-9-13-26(19-24)30-20-28(32(38)34-23(2)25-11-7-6-8-12-25)29-21-33-37(31(29)35-30)27-14-17-39-18-15-27/h6-13,19-21,23,27H,4-5,14-18,22H2,1-3H3,(H,34,38). The highest BCUT2D eigenvalue weighted by Gasteiger charge is 2.24. The number of aromatic nitrogens is 3. The number of nitrogens with zero attached hydrogens (tertiary/aromatic N) is 4. The average molecular weight is 526 g/mol. The normalized spacial score (nSPS) is 15.1. The van der Waals surface area contributed by atoms with Crippen molar-refractivity contribution in [1.29, 1.82) is 0 Å². The summed E-state index contributed by atoms with van der Waals surface area (Å²) in [6.45, 7) is 7.59. The van der Waals surface area contributed by atoms with Crippen molar-refractivity contribution in [2.75, 3.05) is 26.8 Å². The molecule has 0 radical (unpaired) electrons. The van der Waals surface area contributed by atoms with Gasteiger partial charge in [-0.15, -0.1) is 0 Å². The van der Waals surface area contributed by atoms with E-state index in [1.807, 2.05) is 48.0 Å². The summed E-state index contributed by atoms with van der Waals surface area (Å²) in [6.07, 6.45) is 5.93. The van der Waals surface area contributed by atoms with Crippen LogP contribution in [0.4, 0.5) is 0 Å². The van der Waals surface area contributed by atoms with Gasteiger partial charge in [0, 0.05) is 25.3 Å². The molecule has 1 aliphatic heterocycles. The summed E-state index contributed by atoms with van der Waals surface area (Å²) in [5, 5.41) is 8.71. The van der Waals surface area contributed by atoms with Crippen molar-refractivity contribution in [3.05, 3.63) is 83.6 Å². The Balaban J connectivity index is 1.52. The molecule has 7 heteroatoms. The quantitative estimate of drug-likeness (QED) is 0.268. The zero-order valence-corrected chi connectivity index (χ0v) is 23.3. The van der Waals surface area contributed by atoms with Crippen LogP contribution in [0.2, 0.25) is 0 Å². The molecule has 0 spiro atoms. The second-order valence-corrected chi connectivity index (χ2v) is 10.6. The minimum Gasteiger partial charge on any atom is -0.381 e. The van der Waals surface area contributed by atoms with E-state index in [-0.39, 0.29) is 18.0 Å². The van der Waals surface area contributed by atoms with Crippen molar-refractivity contribution >= 4 is 16.9 Å². The predicted molar refractivity (Wildman–Crippen MR) is 156 cm³/mol. The second-order valence-electron chi connectivity index (χ2n) is 10.6. The predicted octanol–water partition coefficient (Wildman–Crippen LogP) is 6.17. The Morgan fingerprint density at radius 1 is 1.13 bits per heavy atom. The van der Waals surface area contributed by atoms with Gasteiger partial charge in [-0.1, -0.05) is 61.9 Å². The number of amides is 1. The monoisotopic (exact) mass is 525 g/mol. The lowest BCUT2D eigenvalue weighted by Crippen LogP contribution is -2.27. The molecule has 1 fully saturated rings. The number of hydrogen-bond acceptors (Lipinski definition) is 5. The SMILES string of the molecule is CCCCN(C)Cc1cccc(-c2cc(C(=O)NC(C)c3ccccc3)c3cnn(C4CCOCC4)c3n2)c1. The van der Waals surface area contributed by atoms with Crippen molar-refractivity contribution in [3.63, 3.8) is 0 Å². The van der Waals surface area contributed by atoms with Gasteiger partial charge in [0.05, 0.1) is 34.9 Å². The van der Waals surface area contributed by atoms with E-state index in [2.05, 4.69) is 48.5 Å². The first-order valence-electron chi connectivity index (χ1n) is 14.1. The van der Waals surface area contributed by atoms with Crippen LogP contribution in [0, 0.1) is 0 Å². The van der Waals surface area contributed by atoms with Gasteiger partial charge in [0.2, 0.25) is 0 Å². The lowest BCUT2D eigenvalue weighted by molar-refractivity contribution is 0.0673. The van der Waals surface area contributed by atoms with Gasteiger partial charge in [-0.2, -0.15) is 5.10 Å². The third-order valence-electron chi connectivity index (χ3n) is 7.56. The highest BCUT2D eigenvalue weighted by Crippen LogP contribution is 2.30. The first-order chi connectivity index (χ1) is 19.0. The fraction of sp³-hybridized carbons (Fsp3) is 0.406. The average Bonchev–Trinajstić information content (AvgIpc) is 3.40. The zero-order valence-electron chi connectivity index (χ0n) is 23.3. The van der Waals surface area contributed by atoms with Gasteiger partial charge in [-0.3, -0.25) is 4.79 Å². The van der Waals surface area contributed by atoms with Crippen LogP contribution < -0.4 is 5.32 Å². The molecule has 39 heavy (non-hydrogen) atoms. The van der Waals surface area contributed by atoms with E-state index in [9.17, 15) is 4.79 Å². The summed E-state index contributed by atoms with van der Waals surface area (Å²) in [4.78, 5) is 21.2. The maximum absolute atomic E-state index is 13.7. The first-order valence-corrected chi connectivity index (χ1v) is 14.1. The highest BCUT2D eigenvalue weighted by molar-refractivity contribution is 6.06. The number of nitrogens with one attached hydrogen (secondary N) is 1. The molecule has 4 aromatic rings. The third-order valence-corrected chi connectivity index (χ3v) is 7.56. The van der Waals surface area contributed by atoms with Gasteiger partial charge in [-0.25, -0.2) is 9.67 Å². The maximum Gasteiger partial charge on any atom is 0.252 e. The van der Waals surface area contributed by atoms with E-state index in [4.69, 9.17) is 14.8 Å². The van der Waals surface area contributed by atoms with Crippen LogP contribution >= 0.6 is 0 Å². The molecule has 1 aliphatic rings. The van der Waals surface area contributed by atoms with Crippen LogP contribution in [0.15, 0.2) is 66.9 Å². The highest BCUT2D eigenvalue weighted by atomic mass is 16.5. The van der Waals surface area contributed by atoms with Gasteiger partial charge in [0.1, 0.15) is 0 Å². The van der Waals surface area contributed by atoms with Gasteiger partial charge in [0.25, 0.3) is 5.91 Å². The van der Waals surface area contributed by atoms with E-state index in [1.54, 1.807) is 6.20 Å². The van der Waals surface area contributed by atoms with Crippen LogP contribution in [-0.2, 0) is 11.3 Å². The number of carbonyl (C=O) groups excluding carboxylic acids is 1. The summed E-state index contributed by atoms with van der Waals surface area (Å²) >= 11 is 0. The maximum atomic E-state index is 13.7. The molecule has 0 saturated carbocycles. The minimum atomic E-state index is -0.127. The molecule has 7 nitrogen and oxygen atoms in total. The molecular formula is C32H39N5O2. The van der Waals surface area contributed by atoms with Crippen LogP contribution in [0.25, 0.3) is 22.3 Å². The van der Waals surface area contributed by atoms with Crippen LogP contribution in [0.3, 0.4) is 0 Å². The summed E-state index contributed by atoms with van der Waals surface area (Å²) in [5.41, 5.74) is 5.43. The molecule has 0 bridgehead atoms. The number of rotatable bonds is 10. The molecule has 0 aliphatic carbocycles. The smallest absolute Gasteiger partial charge is 0.252 e. The molecule has 204 valence electrons. The van der Waals surface area contributed by atoms with Crippen molar-refractivity contribution < 1.29 is 9.53 Å². The molecule has 1 unspecified atom stereocenters. The Morgan fingerprint density at radius 2 is 1.92 bits per heavy atom. The number of benzene rings is 2. The Labute approximate surface area is 231 Å². The van der Waals surface area contributed by atoms with Crippen LogP contribution in [-0.4, -0.2) is 52.4 Å². The topological polar surface area (TPSA) is 72.3 Å². The van der Waals surface area contributed by atoms with E-state index in [0.717, 1.165) is 53.8 Å². The lowest BCUT2D eigenvalue weighted by Gasteiger charge is -2.23. The minimum absolute atomic E-state index is 0.123. The molecule has 3 heterocycles. The number of fused-ring (bicyclic) bond motifs is 1. The number of hydrogen-bond donors (Lipinski definition) is 1. The number of ether oxygens (including phenoxy) is 1. The molecule has 1 saturated heterocycles. The van der Waals surface area contributed by atoms with E-state index < -0.39 is 0 Å². The largest absolute Gasteiger partial charge is 0.381 e.